The molecule has 0 aromatic heterocycles. The predicted molar refractivity (Wildman–Crippen MR) is 80.3 cm³/mol. The Hall–Kier alpha value is -0.860. The fraction of sp³-hybridized carbons (Fsp3) is 0.647. The average molecular weight is 261 g/mol. The Bertz CT molecular complexity index is 416. The summed E-state index contributed by atoms with van der Waals surface area (Å²) in [6.45, 7) is 7.45. The van der Waals surface area contributed by atoms with Crippen molar-refractivity contribution in [3.8, 4) is 0 Å². The predicted octanol–water partition coefficient (Wildman–Crippen LogP) is 3.51. The molecule has 1 aliphatic carbocycles. The number of benzene rings is 1. The number of rotatable bonds is 4. The number of hydrogen-bond acceptors (Lipinski definition) is 2. The lowest BCUT2D eigenvalue weighted by Crippen LogP contribution is -2.35. The minimum absolute atomic E-state index is 0.105. The van der Waals surface area contributed by atoms with Gasteiger partial charge in [-0.25, -0.2) is 0 Å². The molecule has 2 N–H and O–H groups in total. The third kappa shape index (κ3) is 3.80. The van der Waals surface area contributed by atoms with E-state index in [1.54, 1.807) is 0 Å². The quantitative estimate of drug-likeness (QED) is 0.869. The van der Waals surface area contributed by atoms with Gasteiger partial charge in [-0.05, 0) is 50.7 Å². The molecule has 0 saturated heterocycles. The van der Waals surface area contributed by atoms with Crippen LogP contribution in [-0.4, -0.2) is 17.8 Å². The Morgan fingerprint density at radius 1 is 1.26 bits per heavy atom. The van der Waals surface area contributed by atoms with E-state index in [0.717, 1.165) is 19.4 Å². The highest BCUT2D eigenvalue weighted by molar-refractivity contribution is 5.32. The number of aliphatic hydroxyl groups is 1. The zero-order valence-corrected chi connectivity index (χ0v) is 12.4. The highest BCUT2D eigenvalue weighted by Crippen LogP contribution is 2.25. The Labute approximate surface area is 117 Å². The fourth-order valence-electron chi connectivity index (χ4n) is 3.09. The van der Waals surface area contributed by atoms with E-state index in [4.69, 9.17) is 0 Å². The van der Waals surface area contributed by atoms with Gasteiger partial charge in [-0.3, -0.25) is 0 Å². The van der Waals surface area contributed by atoms with Crippen LogP contribution in [0, 0.1) is 19.8 Å². The highest BCUT2D eigenvalue weighted by Gasteiger charge is 2.23. The smallest absolute Gasteiger partial charge is 0.0580 e. The highest BCUT2D eigenvalue weighted by atomic mass is 16.3. The Morgan fingerprint density at radius 3 is 2.74 bits per heavy atom. The van der Waals surface area contributed by atoms with Gasteiger partial charge >= 0.3 is 0 Å². The van der Waals surface area contributed by atoms with E-state index in [-0.39, 0.29) is 6.10 Å². The molecule has 2 heteroatoms. The largest absolute Gasteiger partial charge is 0.393 e. The first-order chi connectivity index (χ1) is 9.08. The molecular formula is C17H27NO. The monoisotopic (exact) mass is 261 g/mol. The van der Waals surface area contributed by atoms with Crippen LogP contribution in [0.3, 0.4) is 0 Å². The van der Waals surface area contributed by atoms with Gasteiger partial charge in [0.05, 0.1) is 6.10 Å². The van der Waals surface area contributed by atoms with Crippen molar-refractivity contribution in [2.24, 2.45) is 5.92 Å². The maximum absolute atomic E-state index is 10.0. The van der Waals surface area contributed by atoms with Crippen molar-refractivity contribution in [2.45, 2.75) is 58.6 Å². The van der Waals surface area contributed by atoms with Crippen LogP contribution in [0.1, 0.15) is 55.3 Å². The van der Waals surface area contributed by atoms with Crippen LogP contribution >= 0.6 is 0 Å². The summed E-state index contributed by atoms with van der Waals surface area (Å²) >= 11 is 0. The third-order valence-electron chi connectivity index (χ3n) is 4.46. The van der Waals surface area contributed by atoms with Crippen LogP contribution in [-0.2, 0) is 0 Å². The maximum atomic E-state index is 10.0. The van der Waals surface area contributed by atoms with Crippen LogP contribution in [0.4, 0.5) is 0 Å². The zero-order valence-electron chi connectivity index (χ0n) is 12.4. The Kier molecular flexibility index (Phi) is 5.00. The van der Waals surface area contributed by atoms with E-state index in [1.807, 2.05) is 0 Å². The van der Waals surface area contributed by atoms with Gasteiger partial charge in [0.1, 0.15) is 0 Å². The van der Waals surface area contributed by atoms with Crippen LogP contribution in [0.25, 0.3) is 0 Å². The van der Waals surface area contributed by atoms with Crippen molar-refractivity contribution >= 4 is 0 Å². The molecule has 3 atom stereocenters. The van der Waals surface area contributed by atoms with E-state index in [1.165, 1.54) is 29.5 Å². The normalized spacial score (nSPS) is 25.3. The lowest BCUT2D eigenvalue weighted by Gasteiger charge is -2.29. The van der Waals surface area contributed by atoms with Gasteiger partial charge in [-0.15, -0.1) is 0 Å². The first kappa shape index (κ1) is 14.5. The molecular weight excluding hydrogens is 234 g/mol. The van der Waals surface area contributed by atoms with Crippen molar-refractivity contribution in [1.29, 1.82) is 0 Å². The molecule has 106 valence electrons. The lowest BCUT2D eigenvalue weighted by molar-refractivity contribution is 0.0684. The zero-order chi connectivity index (χ0) is 13.8. The lowest BCUT2D eigenvalue weighted by atomic mass is 9.86. The molecule has 2 nitrogen and oxygen atoms in total. The maximum Gasteiger partial charge on any atom is 0.0580 e. The standard InChI is InChI=1S/C17H27NO/c1-12-8-9-13(2)16(10-12)14(3)18-11-15-6-4-5-7-17(15)19/h8-10,14-15,17-19H,4-7,11H2,1-3H3. The molecule has 3 unspecified atom stereocenters. The SMILES string of the molecule is Cc1ccc(C)c(C(C)NCC2CCCCC2O)c1. The number of hydrogen-bond donors (Lipinski definition) is 2. The van der Waals surface area contributed by atoms with Crippen molar-refractivity contribution in [2.75, 3.05) is 6.54 Å². The van der Waals surface area contributed by atoms with Crippen LogP contribution in [0.5, 0.6) is 0 Å². The summed E-state index contributed by atoms with van der Waals surface area (Å²) in [4.78, 5) is 0. The molecule has 0 heterocycles. The van der Waals surface area contributed by atoms with Crippen LogP contribution in [0.2, 0.25) is 0 Å². The average Bonchev–Trinajstić information content (AvgIpc) is 2.40. The number of aliphatic hydroxyl groups excluding tert-OH is 1. The van der Waals surface area contributed by atoms with Crippen LogP contribution < -0.4 is 5.32 Å². The van der Waals surface area contributed by atoms with E-state index < -0.39 is 0 Å². The van der Waals surface area contributed by atoms with Gasteiger partial charge in [0.25, 0.3) is 0 Å². The summed E-state index contributed by atoms with van der Waals surface area (Å²) in [5.74, 6) is 0.432. The number of nitrogens with one attached hydrogen (secondary N) is 1. The number of aryl methyl sites for hydroxylation is 2. The van der Waals surface area contributed by atoms with Gasteiger partial charge in [-0.1, -0.05) is 36.6 Å². The molecule has 0 spiro atoms. The fourth-order valence-corrected chi connectivity index (χ4v) is 3.09. The molecule has 1 aromatic rings. The van der Waals surface area contributed by atoms with E-state index >= 15 is 0 Å². The Morgan fingerprint density at radius 2 is 2.00 bits per heavy atom. The summed E-state index contributed by atoms with van der Waals surface area (Å²) in [7, 11) is 0. The third-order valence-corrected chi connectivity index (χ3v) is 4.46. The molecule has 0 bridgehead atoms. The van der Waals surface area contributed by atoms with Gasteiger partial charge in [-0.2, -0.15) is 0 Å². The van der Waals surface area contributed by atoms with Gasteiger partial charge in [0.2, 0.25) is 0 Å². The van der Waals surface area contributed by atoms with Crippen LogP contribution in [0.15, 0.2) is 18.2 Å². The molecule has 0 aliphatic heterocycles. The summed E-state index contributed by atoms with van der Waals surface area (Å²) in [5, 5.41) is 13.6. The molecule has 1 saturated carbocycles. The molecule has 2 rings (SSSR count). The first-order valence-electron chi connectivity index (χ1n) is 7.56. The van der Waals surface area contributed by atoms with Gasteiger partial charge in [0, 0.05) is 12.6 Å². The van der Waals surface area contributed by atoms with E-state index in [0.29, 0.717) is 12.0 Å². The second-order valence-corrected chi connectivity index (χ2v) is 6.10. The van der Waals surface area contributed by atoms with E-state index in [2.05, 4.69) is 44.3 Å². The molecule has 19 heavy (non-hydrogen) atoms. The van der Waals surface area contributed by atoms with Gasteiger partial charge < -0.3 is 10.4 Å². The summed E-state index contributed by atoms with van der Waals surface area (Å²) < 4.78 is 0. The summed E-state index contributed by atoms with van der Waals surface area (Å²) in [6.07, 6.45) is 4.48. The molecule has 0 amide bonds. The minimum atomic E-state index is -0.105. The minimum Gasteiger partial charge on any atom is -0.393 e. The van der Waals surface area contributed by atoms with E-state index in [9.17, 15) is 5.11 Å². The van der Waals surface area contributed by atoms with Crippen molar-refractivity contribution in [1.82, 2.24) is 5.32 Å². The second-order valence-electron chi connectivity index (χ2n) is 6.10. The molecule has 0 radical (unpaired) electrons. The first-order valence-corrected chi connectivity index (χ1v) is 7.56. The van der Waals surface area contributed by atoms with Crippen molar-refractivity contribution in [3.05, 3.63) is 34.9 Å². The summed E-state index contributed by atoms with van der Waals surface area (Å²) in [6, 6.07) is 6.98. The molecule has 1 fully saturated rings. The molecule has 1 aromatic carbocycles. The molecule has 1 aliphatic rings. The second kappa shape index (κ2) is 6.53. The van der Waals surface area contributed by atoms with Crippen molar-refractivity contribution < 1.29 is 5.11 Å². The Balaban J connectivity index is 1.93. The van der Waals surface area contributed by atoms with Gasteiger partial charge in [0.15, 0.2) is 0 Å². The topological polar surface area (TPSA) is 32.3 Å². The van der Waals surface area contributed by atoms with Crippen molar-refractivity contribution in [3.63, 3.8) is 0 Å². The summed E-state index contributed by atoms with van der Waals surface area (Å²) in [5.41, 5.74) is 4.03.